The van der Waals surface area contributed by atoms with Crippen molar-refractivity contribution in [3.8, 4) is 17.0 Å². The van der Waals surface area contributed by atoms with E-state index in [-0.39, 0.29) is 10.6 Å². The Kier molecular flexibility index (Phi) is 5.32. The number of amides is 1. The Hall–Kier alpha value is -3.17. The van der Waals surface area contributed by atoms with Gasteiger partial charge in [0.25, 0.3) is 5.91 Å². The standard InChI is InChI=1S/C20H17N5O2S2/c1-28-20-24-16(14-15(21)17(18(22)26)29-19(14)25-20)12-7-13(9-23-8-12)27-10-11-5-3-2-4-6-11/h2-9H,10,21H2,1H3,(H2,22,26). The fourth-order valence-corrected chi connectivity index (χ4v) is 4.22. The number of nitrogens with two attached hydrogens (primary N) is 2. The molecule has 7 nitrogen and oxygen atoms in total. The first kappa shape index (κ1) is 19.2. The summed E-state index contributed by atoms with van der Waals surface area (Å²) in [5.74, 6) is 0.0213. The smallest absolute Gasteiger partial charge is 0.260 e. The van der Waals surface area contributed by atoms with Crippen molar-refractivity contribution in [1.29, 1.82) is 0 Å². The number of nitrogen functional groups attached to an aromatic ring is 1. The number of thioether (sulfide) groups is 1. The van der Waals surface area contributed by atoms with Gasteiger partial charge < -0.3 is 16.2 Å². The van der Waals surface area contributed by atoms with Gasteiger partial charge in [0.1, 0.15) is 22.1 Å². The normalized spacial score (nSPS) is 10.9. The van der Waals surface area contributed by atoms with Crippen LogP contribution < -0.4 is 16.2 Å². The van der Waals surface area contributed by atoms with Crippen molar-refractivity contribution in [2.75, 3.05) is 12.0 Å². The summed E-state index contributed by atoms with van der Waals surface area (Å²) in [5.41, 5.74) is 14.3. The van der Waals surface area contributed by atoms with Crippen molar-refractivity contribution in [3.63, 3.8) is 0 Å². The van der Waals surface area contributed by atoms with Crippen molar-refractivity contribution in [3.05, 3.63) is 59.2 Å². The average Bonchev–Trinajstić information content (AvgIpc) is 3.09. The molecule has 1 amide bonds. The fourth-order valence-electron chi connectivity index (χ4n) is 2.85. The highest BCUT2D eigenvalue weighted by Crippen LogP contribution is 2.39. The number of anilines is 1. The van der Waals surface area contributed by atoms with E-state index >= 15 is 0 Å². The van der Waals surface area contributed by atoms with Crippen molar-refractivity contribution in [1.82, 2.24) is 15.0 Å². The Morgan fingerprint density at radius 3 is 2.72 bits per heavy atom. The molecule has 4 aromatic rings. The summed E-state index contributed by atoms with van der Waals surface area (Å²) >= 11 is 2.57. The van der Waals surface area contributed by atoms with Crippen LogP contribution in [0.4, 0.5) is 5.69 Å². The topological polar surface area (TPSA) is 117 Å². The molecule has 3 aromatic heterocycles. The van der Waals surface area contributed by atoms with Crippen LogP contribution in [-0.2, 0) is 6.61 Å². The minimum atomic E-state index is -0.583. The van der Waals surface area contributed by atoms with E-state index in [9.17, 15) is 4.79 Å². The van der Waals surface area contributed by atoms with Gasteiger partial charge in [-0.15, -0.1) is 11.3 Å². The van der Waals surface area contributed by atoms with E-state index in [0.29, 0.717) is 33.4 Å². The second-order valence-electron chi connectivity index (χ2n) is 6.13. The zero-order valence-corrected chi connectivity index (χ0v) is 17.1. The number of hydrogen-bond donors (Lipinski definition) is 2. The predicted octanol–water partition coefficient (Wildman–Crippen LogP) is 3.74. The highest BCUT2D eigenvalue weighted by molar-refractivity contribution is 7.98. The molecule has 0 aliphatic carbocycles. The average molecular weight is 424 g/mol. The number of pyridine rings is 1. The predicted molar refractivity (Wildman–Crippen MR) is 116 cm³/mol. The van der Waals surface area contributed by atoms with Gasteiger partial charge in [0, 0.05) is 11.8 Å². The lowest BCUT2D eigenvalue weighted by Crippen LogP contribution is -2.10. The number of primary amides is 1. The molecule has 4 rings (SSSR count). The van der Waals surface area contributed by atoms with Crippen LogP contribution >= 0.6 is 23.1 Å². The van der Waals surface area contributed by atoms with E-state index in [1.54, 1.807) is 12.4 Å². The molecule has 0 fully saturated rings. The highest BCUT2D eigenvalue weighted by atomic mass is 32.2. The molecule has 0 radical (unpaired) electrons. The lowest BCUT2D eigenvalue weighted by molar-refractivity contribution is 0.100. The Morgan fingerprint density at radius 2 is 2.00 bits per heavy atom. The van der Waals surface area contributed by atoms with E-state index in [2.05, 4.69) is 15.0 Å². The number of carbonyl (C=O) groups excluding carboxylic acids is 1. The zero-order chi connectivity index (χ0) is 20.4. The Labute approximate surface area is 175 Å². The quantitative estimate of drug-likeness (QED) is 0.358. The number of aromatic nitrogens is 3. The van der Waals surface area contributed by atoms with Crippen LogP contribution in [0.15, 0.2) is 53.9 Å². The van der Waals surface area contributed by atoms with Crippen LogP contribution in [0.3, 0.4) is 0 Å². The van der Waals surface area contributed by atoms with E-state index in [1.807, 2.05) is 42.7 Å². The molecular formula is C20H17N5O2S2. The minimum Gasteiger partial charge on any atom is -0.487 e. The lowest BCUT2D eigenvalue weighted by atomic mass is 10.1. The van der Waals surface area contributed by atoms with Crippen LogP contribution in [0.2, 0.25) is 0 Å². The number of thiophene rings is 1. The van der Waals surface area contributed by atoms with Gasteiger partial charge in [0.05, 0.1) is 23.0 Å². The van der Waals surface area contributed by atoms with E-state index in [4.69, 9.17) is 16.2 Å². The molecule has 0 atom stereocenters. The molecule has 0 aliphatic rings. The van der Waals surface area contributed by atoms with Gasteiger partial charge in [0.2, 0.25) is 0 Å². The first-order valence-corrected chi connectivity index (χ1v) is 10.7. The van der Waals surface area contributed by atoms with Crippen LogP contribution in [0, 0.1) is 0 Å². The van der Waals surface area contributed by atoms with Crippen molar-refractivity contribution < 1.29 is 9.53 Å². The molecule has 0 unspecified atom stereocenters. The molecule has 146 valence electrons. The van der Waals surface area contributed by atoms with Crippen LogP contribution in [-0.4, -0.2) is 27.1 Å². The molecule has 9 heteroatoms. The van der Waals surface area contributed by atoms with Crippen LogP contribution in [0.25, 0.3) is 21.5 Å². The monoisotopic (exact) mass is 423 g/mol. The van der Waals surface area contributed by atoms with Gasteiger partial charge >= 0.3 is 0 Å². The van der Waals surface area contributed by atoms with Gasteiger partial charge in [-0.3, -0.25) is 9.78 Å². The number of fused-ring (bicyclic) bond motifs is 1. The van der Waals surface area contributed by atoms with E-state index < -0.39 is 5.91 Å². The zero-order valence-electron chi connectivity index (χ0n) is 15.5. The first-order chi connectivity index (χ1) is 14.1. The Morgan fingerprint density at radius 1 is 1.21 bits per heavy atom. The number of ether oxygens (including phenoxy) is 1. The summed E-state index contributed by atoms with van der Waals surface area (Å²) in [6, 6.07) is 11.7. The Bertz CT molecular complexity index is 1190. The summed E-state index contributed by atoms with van der Waals surface area (Å²) in [6.07, 6.45) is 5.21. The second kappa shape index (κ2) is 8.06. The molecular weight excluding hydrogens is 406 g/mol. The van der Waals surface area contributed by atoms with E-state index in [0.717, 1.165) is 11.1 Å². The molecule has 0 bridgehead atoms. The third-order valence-corrected chi connectivity index (χ3v) is 5.87. The summed E-state index contributed by atoms with van der Waals surface area (Å²) in [6.45, 7) is 0.424. The largest absolute Gasteiger partial charge is 0.487 e. The van der Waals surface area contributed by atoms with Gasteiger partial charge in [0.15, 0.2) is 5.16 Å². The Balaban J connectivity index is 1.76. The molecule has 0 saturated carbocycles. The first-order valence-electron chi connectivity index (χ1n) is 8.62. The van der Waals surface area contributed by atoms with Gasteiger partial charge in [-0.05, 0) is 17.9 Å². The summed E-state index contributed by atoms with van der Waals surface area (Å²) in [4.78, 5) is 26.0. The number of carbonyl (C=O) groups is 1. The molecule has 0 saturated heterocycles. The number of benzene rings is 1. The van der Waals surface area contributed by atoms with Gasteiger partial charge in [-0.2, -0.15) is 0 Å². The highest BCUT2D eigenvalue weighted by Gasteiger charge is 2.21. The lowest BCUT2D eigenvalue weighted by Gasteiger charge is -2.09. The molecule has 4 N–H and O–H groups in total. The third kappa shape index (κ3) is 3.87. The molecule has 0 aliphatic heterocycles. The van der Waals surface area contributed by atoms with Crippen molar-refractivity contribution in [2.24, 2.45) is 5.73 Å². The maximum absolute atomic E-state index is 11.7. The van der Waals surface area contributed by atoms with Gasteiger partial charge in [-0.1, -0.05) is 42.1 Å². The molecule has 1 aromatic carbocycles. The third-order valence-electron chi connectivity index (χ3n) is 4.21. The van der Waals surface area contributed by atoms with Crippen molar-refractivity contribution >= 4 is 44.9 Å². The molecule has 29 heavy (non-hydrogen) atoms. The minimum absolute atomic E-state index is 0.276. The number of rotatable bonds is 6. The summed E-state index contributed by atoms with van der Waals surface area (Å²) < 4.78 is 5.88. The van der Waals surface area contributed by atoms with Crippen molar-refractivity contribution in [2.45, 2.75) is 11.8 Å². The maximum atomic E-state index is 11.7. The molecule has 3 heterocycles. The number of hydrogen-bond acceptors (Lipinski definition) is 8. The number of nitrogens with zero attached hydrogens (tertiary/aromatic N) is 3. The van der Waals surface area contributed by atoms with Crippen LogP contribution in [0.5, 0.6) is 5.75 Å². The summed E-state index contributed by atoms with van der Waals surface area (Å²) in [7, 11) is 0. The SMILES string of the molecule is CSc1nc(-c2cncc(OCc3ccccc3)c2)c2c(N)c(C(N)=O)sc2n1. The summed E-state index contributed by atoms with van der Waals surface area (Å²) in [5, 5.41) is 1.17. The maximum Gasteiger partial charge on any atom is 0.260 e. The second-order valence-corrected chi connectivity index (χ2v) is 7.90. The van der Waals surface area contributed by atoms with Crippen LogP contribution in [0.1, 0.15) is 15.2 Å². The fraction of sp³-hybridized carbons (Fsp3) is 0.100. The van der Waals surface area contributed by atoms with E-state index in [1.165, 1.54) is 23.1 Å². The molecule has 0 spiro atoms. The van der Waals surface area contributed by atoms with Gasteiger partial charge in [-0.25, -0.2) is 9.97 Å².